The molecule has 30 rings (SSSR count). The fourth-order valence-electron chi connectivity index (χ4n) is 23.5. The van der Waals surface area contributed by atoms with Crippen LogP contribution in [0.15, 0.2) is 443 Å². The van der Waals surface area contributed by atoms with E-state index in [-0.39, 0.29) is 0 Å². The lowest BCUT2D eigenvalue weighted by Gasteiger charge is -2.30. The van der Waals surface area contributed by atoms with Crippen molar-refractivity contribution in [3.8, 4) is 79.5 Å². The second-order valence-corrected chi connectivity index (χ2v) is 36.0. The largest absolute Gasteiger partial charge is 0.309 e. The smallest absolute Gasteiger partial charge is 0.105 e. The molecule has 634 valence electrons. The van der Waals surface area contributed by atoms with Crippen LogP contribution in [0.5, 0.6) is 0 Å². The minimum Gasteiger partial charge on any atom is -0.309 e. The molecule has 13 nitrogen and oxygen atoms in total. The van der Waals surface area contributed by atoms with Gasteiger partial charge in [0.25, 0.3) is 0 Å². The first-order chi connectivity index (χ1) is 68.0. The number of nitriles is 1. The Bertz CT molecular complexity index is 9760. The van der Waals surface area contributed by atoms with E-state index in [1.807, 2.05) is 30.7 Å². The van der Waals surface area contributed by atoms with E-state index >= 15 is 0 Å². The SMILES string of the molecule is N#Cc1c(-n2c3ccccc3c3ncccc32)c(-n2c3ccc(-c4ccccc4)cc3c3cc(-n4c5ccccc5c5cc(-n6c7ccccc7c7ccccc76)ccc54)ccc32)c(-n2c3ccccc3c3ncccc32)c(-n2c3ccc(-c4ccccc4)cc3c3cc(-n4c5ccccc5c5cc(-n6c7ccccc7c7ccccc76)ccc54)ccc32)c1-n1c2ccccc2c2ncccc21. The predicted octanol–water partition coefficient (Wildman–Crippen LogP) is 31.0. The van der Waals surface area contributed by atoms with Crippen LogP contribution in [0.4, 0.5) is 0 Å². The normalized spacial score (nSPS) is 12.2. The molecule has 12 heterocycles. The molecule has 0 aliphatic heterocycles. The molecule has 0 spiro atoms. The highest BCUT2D eigenvalue weighted by Crippen LogP contribution is 2.54. The van der Waals surface area contributed by atoms with Crippen molar-refractivity contribution in [1.29, 1.82) is 5.26 Å². The van der Waals surface area contributed by atoms with Crippen molar-refractivity contribution in [1.82, 2.24) is 56.1 Å². The van der Waals surface area contributed by atoms with Gasteiger partial charge in [0.2, 0.25) is 0 Å². The minimum absolute atomic E-state index is 0.395. The van der Waals surface area contributed by atoms with E-state index < -0.39 is 0 Å². The summed E-state index contributed by atoms with van der Waals surface area (Å²) in [5.74, 6) is 0. The zero-order valence-electron chi connectivity index (χ0n) is 73.5. The first-order valence-electron chi connectivity index (χ1n) is 46.5. The predicted molar refractivity (Wildman–Crippen MR) is 564 cm³/mol. The van der Waals surface area contributed by atoms with Crippen molar-refractivity contribution < 1.29 is 0 Å². The standard InChI is InChI=1S/C124H73N13/c125-74-98-120(135-105-47-22-13-38-89(105)117-114(135)50-25-65-126-117)122(133-110-59-53-77(75-28-3-1-4-29-75)68-92(110)96-72-81(57-63-112(96)133)131-103-45-20-11-36-87(103)94-70-79(55-61-108(94)131)129-99-41-16-7-32-83(99)84-33-8-17-42-100(84)129)124(137-107-49-24-15-40-91(107)119-116(137)52-27-67-128-119)123(121(98)136-106-48-23-14-39-90(106)118-115(136)51-26-66-127-118)134-111-60-54-78(76-30-5-2-6-31-76)69-93(111)97-73-82(58-64-113(97)134)132-104-46-21-12-37-88(104)95-71-80(56-62-109(95)132)130-101-43-18-9-34-85(101)86-35-10-19-44-102(86)130/h1-73H. The lowest BCUT2D eigenvalue weighted by molar-refractivity contribution is 0.991. The molecule has 0 fully saturated rings. The third-order valence-corrected chi connectivity index (χ3v) is 29.1. The molecule has 18 aromatic carbocycles. The summed E-state index contributed by atoms with van der Waals surface area (Å²) in [6.07, 6.45) is 5.69. The number of para-hydroxylation sites is 9. The van der Waals surface area contributed by atoms with Gasteiger partial charge in [-0.15, -0.1) is 0 Å². The van der Waals surface area contributed by atoms with Crippen molar-refractivity contribution >= 4 is 197 Å². The Morgan fingerprint density at radius 1 is 0.153 bits per heavy atom. The topological polar surface area (TPSA) is 107 Å². The third kappa shape index (κ3) is 10.5. The first-order valence-corrected chi connectivity index (χ1v) is 46.5. The van der Waals surface area contributed by atoms with Gasteiger partial charge in [0, 0.05) is 122 Å². The van der Waals surface area contributed by atoms with Crippen molar-refractivity contribution in [3.05, 3.63) is 449 Å². The first kappa shape index (κ1) is 74.8. The van der Waals surface area contributed by atoms with Crippen LogP contribution in [0.25, 0.3) is 270 Å². The maximum absolute atomic E-state index is 14.1. The summed E-state index contributed by atoms with van der Waals surface area (Å²) in [6.45, 7) is 0. The maximum Gasteiger partial charge on any atom is 0.105 e. The van der Waals surface area contributed by atoms with E-state index in [9.17, 15) is 5.26 Å². The average Bonchev–Trinajstić information content (AvgIpc) is 1.53. The number of nitrogens with zero attached hydrogens (tertiary/aromatic N) is 13. The summed E-state index contributed by atoms with van der Waals surface area (Å²) >= 11 is 0. The molecule has 0 atom stereocenters. The van der Waals surface area contributed by atoms with E-state index in [2.05, 4.69) is 460 Å². The maximum atomic E-state index is 14.1. The molecule has 12 aromatic heterocycles. The number of pyridine rings is 3. The van der Waals surface area contributed by atoms with Crippen molar-refractivity contribution in [3.63, 3.8) is 0 Å². The average molecular weight is 1750 g/mol. The van der Waals surface area contributed by atoms with Gasteiger partial charge in [0.15, 0.2) is 0 Å². The van der Waals surface area contributed by atoms with E-state index in [4.69, 9.17) is 15.0 Å². The fraction of sp³-hybridized carbons (Fsp3) is 0. The molecule has 13 heteroatoms. The summed E-state index contributed by atoms with van der Waals surface area (Å²) in [5.41, 5.74) is 32.3. The third-order valence-electron chi connectivity index (χ3n) is 29.1. The number of rotatable bonds is 11. The minimum atomic E-state index is 0.395. The fourth-order valence-corrected chi connectivity index (χ4v) is 23.5. The Balaban J connectivity index is 0.785. The molecule has 0 aliphatic carbocycles. The molecule has 0 amide bonds. The molecule has 30 aromatic rings. The number of hydrogen-bond donors (Lipinski definition) is 0. The molecular formula is C124H73N13. The molecule has 0 saturated heterocycles. The van der Waals surface area contributed by atoms with Gasteiger partial charge in [-0.25, -0.2) is 0 Å². The Labute approximate surface area is 781 Å². The molecule has 0 bridgehead atoms. The molecular weight excluding hydrogens is 1670 g/mol. The van der Waals surface area contributed by atoms with Gasteiger partial charge in [-0.1, -0.05) is 237 Å². The van der Waals surface area contributed by atoms with Crippen LogP contribution in [0.1, 0.15) is 5.56 Å². The van der Waals surface area contributed by atoms with Crippen LogP contribution in [0.2, 0.25) is 0 Å². The summed E-state index contributed by atoms with van der Waals surface area (Å²) in [4.78, 5) is 16.2. The van der Waals surface area contributed by atoms with Crippen LogP contribution in [0.3, 0.4) is 0 Å². The van der Waals surface area contributed by atoms with Crippen LogP contribution >= 0.6 is 0 Å². The summed E-state index contributed by atoms with van der Waals surface area (Å²) in [6, 6.07) is 158. The molecule has 0 N–H and O–H groups in total. The Hall–Kier alpha value is -18.9. The van der Waals surface area contributed by atoms with E-state index in [0.717, 1.165) is 237 Å². The lowest BCUT2D eigenvalue weighted by atomic mass is 10.0. The highest BCUT2D eigenvalue weighted by Gasteiger charge is 2.38. The molecule has 0 saturated carbocycles. The van der Waals surface area contributed by atoms with Crippen LogP contribution in [0, 0.1) is 11.3 Å². The van der Waals surface area contributed by atoms with Crippen LogP contribution in [-0.4, -0.2) is 56.1 Å². The number of hydrogen-bond acceptors (Lipinski definition) is 4. The van der Waals surface area contributed by atoms with Gasteiger partial charge >= 0.3 is 0 Å². The van der Waals surface area contributed by atoms with E-state index in [0.29, 0.717) is 16.9 Å². The van der Waals surface area contributed by atoms with E-state index in [1.54, 1.807) is 0 Å². The molecule has 0 aliphatic rings. The quantitative estimate of drug-likeness (QED) is 0.129. The molecule has 0 radical (unpaired) electrons. The number of benzene rings is 18. The number of aromatic nitrogens is 12. The zero-order valence-corrected chi connectivity index (χ0v) is 73.5. The van der Waals surface area contributed by atoms with Gasteiger partial charge in [0.1, 0.15) is 11.6 Å². The van der Waals surface area contributed by atoms with Crippen LogP contribution < -0.4 is 0 Å². The Morgan fingerprint density at radius 3 is 0.657 bits per heavy atom. The highest BCUT2D eigenvalue weighted by molar-refractivity contribution is 6.21. The van der Waals surface area contributed by atoms with Gasteiger partial charge in [0.05, 0.1) is 144 Å². The van der Waals surface area contributed by atoms with Crippen molar-refractivity contribution in [2.45, 2.75) is 0 Å². The molecule has 0 unspecified atom stereocenters. The Kier molecular flexibility index (Phi) is 15.6. The second kappa shape index (κ2) is 28.6. The van der Waals surface area contributed by atoms with E-state index in [1.165, 1.54) is 21.5 Å². The Morgan fingerprint density at radius 2 is 0.358 bits per heavy atom. The van der Waals surface area contributed by atoms with Gasteiger partial charge in [-0.3, -0.25) is 15.0 Å². The van der Waals surface area contributed by atoms with Crippen molar-refractivity contribution in [2.24, 2.45) is 0 Å². The van der Waals surface area contributed by atoms with Gasteiger partial charge in [-0.05, 0) is 210 Å². The summed E-state index contributed by atoms with van der Waals surface area (Å²) in [7, 11) is 0. The molecule has 137 heavy (non-hydrogen) atoms. The number of fused-ring (bicyclic) bond motifs is 27. The summed E-state index contributed by atoms with van der Waals surface area (Å²) in [5, 5.41) is 30.3. The van der Waals surface area contributed by atoms with Crippen molar-refractivity contribution in [2.75, 3.05) is 0 Å². The summed E-state index contributed by atoms with van der Waals surface area (Å²) < 4.78 is 22.0. The second-order valence-electron chi connectivity index (χ2n) is 36.0. The zero-order chi connectivity index (χ0) is 89.5. The lowest BCUT2D eigenvalue weighted by Crippen LogP contribution is -2.19. The van der Waals surface area contributed by atoms with Gasteiger partial charge < -0.3 is 41.1 Å². The monoisotopic (exact) mass is 1740 g/mol. The van der Waals surface area contributed by atoms with Gasteiger partial charge in [-0.2, -0.15) is 5.26 Å². The van der Waals surface area contributed by atoms with Crippen LogP contribution in [-0.2, 0) is 0 Å². The highest BCUT2D eigenvalue weighted by atomic mass is 15.2.